The number of imidazole rings is 1. The highest BCUT2D eigenvalue weighted by Gasteiger charge is 2.20. The van der Waals surface area contributed by atoms with Crippen molar-refractivity contribution in [1.82, 2.24) is 14.9 Å². The molecule has 5 nitrogen and oxygen atoms in total. The Morgan fingerprint density at radius 1 is 1.21 bits per heavy atom. The number of carbonyl (C=O) groups is 1. The maximum Gasteiger partial charge on any atom is 0.271 e. The Balaban J connectivity index is 1.35. The van der Waals surface area contributed by atoms with Gasteiger partial charge in [0.1, 0.15) is 17.3 Å². The highest BCUT2D eigenvalue weighted by molar-refractivity contribution is 5.92. The molecule has 0 bridgehead atoms. The fraction of sp³-hybridized carbons (Fsp3) is 0.565. The zero-order chi connectivity index (χ0) is 19.3. The largest absolute Gasteiger partial charge is 0.493 e. The highest BCUT2D eigenvalue weighted by Crippen LogP contribution is 2.26. The second-order valence-corrected chi connectivity index (χ2v) is 8.44. The first-order valence-corrected chi connectivity index (χ1v) is 10.7. The third-order valence-electron chi connectivity index (χ3n) is 6.10. The number of hydrogen-bond acceptors (Lipinski definition) is 3. The Morgan fingerprint density at radius 3 is 2.89 bits per heavy atom. The van der Waals surface area contributed by atoms with Crippen molar-refractivity contribution >= 4 is 5.91 Å². The molecule has 0 radical (unpaired) electrons. The van der Waals surface area contributed by atoms with Gasteiger partial charge >= 0.3 is 0 Å². The first-order valence-electron chi connectivity index (χ1n) is 10.7. The molecule has 2 aromatic rings. The molecule has 1 N–H and O–H groups in total. The second kappa shape index (κ2) is 8.80. The number of carbonyl (C=O) groups excluding carboxylic acids is 1. The molecule has 2 aliphatic rings. The molecule has 1 fully saturated rings. The van der Waals surface area contributed by atoms with E-state index in [0.29, 0.717) is 24.1 Å². The van der Waals surface area contributed by atoms with E-state index >= 15 is 0 Å². The molecule has 2 heterocycles. The fourth-order valence-electron chi connectivity index (χ4n) is 4.31. The van der Waals surface area contributed by atoms with Crippen LogP contribution in [0.3, 0.4) is 0 Å². The van der Waals surface area contributed by atoms with E-state index in [4.69, 9.17) is 4.74 Å². The minimum atomic E-state index is -0.114. The minimum absolute atomic E-state index is 0.114. The number of aryl methyl sites for hydroxylation is 1. The molecule has 1 atom stereocenters. The summed E-state index contributed by atoms with van der Waals surface area (Å²) in [5.41, 5.74) is 1.54. The van der Waals surface area contributed by atoms with Crippen LogP contribution < -0.4 is 10.1 Å². The van der Waals surface area contributed by atoms with Crippen molar-refractivity contribution in [1.29, 1.82) is 0 Å². The Kier molecular flexibility index (Phi) is 5.98. The zero-order valence-corrected chi connectivity index (χ0v) is 16.8. The summed E-state index contributed by atoms with van der Waals surface area (Å²) in [4.78, 5) is 17.2. The number of amides is 1. The molecule has 1 saturated carbocycles. The highest BCUT2D eigenvalue weighted by atomic mass is 16.5. The van der Waals surface area contributed by atoms with Crippen molar-refractivity contribution in [3.8, 4) is 5.75 Å². The molecule has 0 spiro atoms. The van der Waals surface area contributed by atoms with E-state index in [9.17, 15) is 4.79 Å². The number of fused-ring (bicyclic) bond motifs is 1. The van der Waals surface area contributed by atoms with Crippen LogP contribution >= 0.6 is 0 Å². The first-order chi connectivity index (χ1) is 13.7. The van der Waals surface area contributed by atoms with E-state index in [1.807, 2.05) is 30.5 Å². The van der Waals surface area contributed by atoms with Crippen LogP contribution in [0.25, 0.3) is 0 Å². The molecule has 28 heavy (non-hydrogen) atoms. The number of para-hydroxylation sites is 1. The predicted molar refractivity (Wildman–Crippen MR) is 109 cm³/mol. The van der Waals surface area contributed by atoms with Crippen molar-refractivity contribution in [3.63, 3.8) is 0 Å². The monoisotopic (exact) mass is 381 g/mol. The summed E-state index contributed by atoms with van der Waals surface area (Å²) in [6, 6.07) is 8.01. The van der Waals surface area contributed by atoms with E-state index in [1.165, 1.54) is 32.1 Å². The third kappa shape index (κ3) is 4.57. The van der Waals surface area contributed by atoms with E-state index < -0.39 is 0 Å². The molecule has 1 unspecified atom stereocenters. The molecular formula is C23H31N3O2. The lowest BCUT2D eigenvalue weighted by Gasteiger charge is -2.22. The van der Waals surface area contributed by atoms with Crippen molar-refractivity contribution in [3.05, 3.63) is 47.5 Å². The van der Waals surface area contributed by atoms with Crippen LogP contribution in [0.2, 0.25) is 0 Å². The number of benzene rings is 1. The molecule has 4 rings (SSSR count). The van der Waals surface area contributed by atoms with E-state index in [-0.39, 0.29) is 5.91 Å². The number of hydrogen-bond donors (Lipinski definition) is 1. The van der Waals surface area contributed by atoms with Crippen LogP contribution in [-0.4, -0.2) is 22.1 Å². The number of aromatic nitrogens is 2. The maximum absolute atomic E-state index is 12.6. The summed E-state index contributed by atoms with van der Waals surface area (Å²) < 4.78 is 8.24. The summed E-state index contributed by atoms with van der Waals surface area (Å²) in [5, 5.41) is 3.02. The summed E-state index contributed by atoms with van der Waals surface area (Å²) >= 11 is 0. The van der Waals surface area contributed by atoms with Gasteiger partial charge in [-0.25, -0.2) is 4.98 Å². The molecule has 1 aromatic heterocycles. The van der Waals surface area contributed by atoms with E-state index in [0.717, 1.165) is 43.1 Å². The van der Waals surface area contributed by atoms with Crippen LogP contribution in [0.15, 0.2) is 30.5 Å². The quantitative estimate of drug-likeness (QED) is 0.809. The lowest BCUT2D eigenvalue weighted by Crippen LogP contribution is -2.24. The Labute approximate surface area is 167 Å². The average molecular weight is 382 g/mol. The molecular weight excluding hydrogens is 350 g/mol. The molecule has 5 heteroatoms. The topological polar surface area (TPSA) is 56.2 Å². The number of ether oxygens (including phenoxy) is 1. The van der Waals surface area contributed by atoms with Crippen molar-refractivity contribution in [2.45, 2.75) is 65.0 Å². The normalized spacial score (nSPS) is 19.8. The fourth-order valence-corrected chi connectivity index (χ4v) is 4.31. The van der Waals surface area contributed by atoms with Gasteiger partial charge in [-0.3, -0.25) is 4.79 Å². The number of nitrogens with zero attached hydrogens (tertiary/aromatic N) is 2. The van der Waals surface area contributed by atoms with Crippen LogP contribution in [0.1, 0.15) is 67.3 Å². The zero-order valence-electron chi connectivity index (χ0n) is 16.8. The maximum atomic E-state index is 12.6. The molecule has 150 valence electrons. The van der Waals surface area contributed by atoms with Gasteiger partial charge in [0.25, 0.3) is 5.91 Å². The summed E-state index contributed by atoms with van der Waals surface area (Å²) in [5.74, 6) is 3.10. The average Bonchev–Trinajstić information content (AvgIpc) is 3.15. The van der Waals surface area contributed by atoms with Gasteiger partial charge in [-0.1, -0.05) is 44.4 Å². The Hall–Kier alpha value is -2.30. The van der Waals surface area contributed by atoms with Crippen LogP contribution in [-0.2, 0) is 19.5 Å². The van der Waals surface area contributed by atoms with Crippen molar-refractivity contribution < 1.29 is 9.53 Å². The molecule has 1 amide bonds. The van der Waals surface area contributed by atoms with E-state index in [2.05, 4.69) is 21.8 Å². The molecule has 1 aromatic carbocycles. The van der Waals surface area contributed by atoms with Gasteiger partial charge in [0.2, 0.25) is 0 Å². The second-order valence-electron chi connectivity index (χ2n) is 8.44. The molecule has 0 saturated heterocycles. The lowest BCUT2D eigenvalue weighted by atomic mass is 9.90. The summed E-state index contributed by atoms with van der Waals surface area (Å²) in [6.07, 6.45) is 10.5. The number of nitrogens with one attached hydrogen (secondary N) is 1. The SMILES string of the molecule is CC1CCn2cc(C(=O)NCc3ccccc3OCC3CCCCC3)nc2C1. The molecule has 1 aliphatic carbocycles. The van der Waals surface area contributed by atoms with Crippen LogP contribution in [0, 0.1) is 11.8 Å². The van der Waals surface area contributed by atoms with Gasteiger partial charge in [0.15, 0.2) is 0 Å². The van der Waals surface area contributed by atoms with Gasteiger partial charge < -0.3 is 14.6 Å². The standard InChI is InChI=1S/C23H31N3O2/c1-17-11-12-26-15-20(25-22(26)13-17)23(27)24-14-19-9-5-6-10-21(19)28-16-18-7-3-2-4-8-18/h5-6,9-10,15,17-18H,2-4,7-8,11-14,16H2,1H3,(H,24,27). The smallest absolute Gasteiger partial charge is 0.271 e. The van der Waals surface area contributed by atoms with Crippen LogP contribution in [0.5, 0.6) is 5.75 Å². The Morgan fingerprint density at radius 2 is 2.04 bits per heavy atom. The van der Waals surface area contributed by atoms with Crippen LogP contribution in [0.4, 0.5) is 0 Å². The number of rotatable bonds is 6. The van der Waals surface area contributed by atoms with Gasteiger partial charge in [-0.15, -0.1) is 0 Å². The van der Waals surface area contributed by atoms with Gasteiger partial charge in [0, 0.05) is 31.3 Å². The Bertz CT molecular complexity index is 808. The van der Waals surface area contributed by atoms with Gasteiger partial charge in [0.05, 0.1) is 6.61 Å². The summed E-state index contributed by atoms with van der Waals surface area (Å²) in [7, 11) is 0. The lowest BCUT2D eigenvalue weighted by molar-refractivity contribution is 0.0945. The molecule has 1 aliphatic heterocycles. The third-order valence-corrected chi connectivity index (χ3v) is 6.10. The van der Waals surface area contributed by atoms with Gasteiger partial charge in [-0.05, 0) is 37.2 Å². The van der Waals surface area contributed by atoms with Crippen molar-refractivity contribution in [2.75, 3.05) is 6.61 Å². The minimum Gasteiger partial charge on any atom is -0.493 e. The van der Waals surface area contributed by atoms with Crippen molar-refractivity contribution in [2.24, 2.45) is 11.8 Å². The van der Waals surface area contributed by atoms with Gasteiger partial charge in [-0.2, -0.15) is 0 Å². The predicted octanol–water partition coefficient (Wildman–Crippen LogP) is 4.35. The van der Waals surface area contributed by atoms with E-state index in [1.54, 1.807) is 0 Å². The summed E-state index contributed by atoms with van der Waals surface area (Å²) in [6.45, 7) is 4.42. The first kappa shape index (κ1) is 19.0.